The van der Waals surface area contributed by atoms with Crippen LogP contribution in [-0.2, 0) is 19.7 Å². The zero-order chi connectivity index (χ0) is 26.8. The summed E-state index contributed by atoms with van der Waals surface area (Å²) in [6.45, 7) is 6.34. The molecular weight excluding hydrogens is 464 g/mol. The minimum absolute atomic E-state index is 0.00962. The molecule has 0 radical (unpaired) electrons. The Bertz CT molecular complexity index is 1070. The van der Waals surface area contributed by atoms with Crippen LogP contribution in [0.15, 0.2) is 48.5 Å². The number of nitrogens with two attached hydrogens (primary N) is 2. The van der Waals surface area contributed by atoms with Gasteiger partial charge in [0, 0.05) is 22.9 Å². The maximum atomic E-state index is 12.6. The van der Waals surface area contributed by atoms with Crippen molar-refractivity contribution in [2.45, 2.75) is 77.6 Å². The summed E-state index contributed by atoms with van der Waals surface area (Å²) in [5.41, 5.74) is 14.3. The second-order valence-electron chi connectivity index (χ2n) is 10.9. The number of esters is 2. The van der Waals surface area contributed by atoms with Crippen molar-refractivity contribution in [3.63, 3.8) is 0 Å². The molecule has 37 heavy (non-hydrogen) atoms. The van der Waals surface area contributed by atoms with Crippen molar-refractivity contribution in [1.82, 2.24) is 0 Å². The van der Waals surface area contributed by atoms with Gasteiger partial charge in [-0.25, -0.2) is 4.79 Å². The monoisotopic (exact) mass is 506 g/mol. The normalized spacial score (nSPS) is 18.0. The van der Waals surface area contributed by atoms with E-state index < -0.39 is 11.4 Å². The quantitative estimate of drug-likeness (QED) is 0.116. The highest BCUT2D eigenvalue weighted by atomic mass is 16.5. The van der Waals surface area contributed by atoms with Gasteiger partial charge < -0.3 is 20.9 Å². The van der Waals surface area contributed by atoms with E-state index in [1.54, 1.807) is 30.3 Å². The third-order valence-electron chi connectivity index (χ3n) is 7.29. The number of unbranched alkanes of at least 4 members (excludes halogenated alkanes) is 2. The second kappa shape index (κ2) is 13.3. The summed E-state index contributed by atoms with van der Waals surface area (Å²) in [5, 5.41) is 0. The fourth-order valence-corrected chi connectivity index (χ4v) is 4.96. The maximum absolute atomic E-state index is 12.6. The minimum atomic E-state index is -0.457. The molecule has 0 aromatic heterocycles. The van der Waals surface area contributed by atoms with Crippen LogP contribution in [0, 0.1) is 11.8 Å². The number of carbonyl (C=O) groups is 2. The molecule has 2 aromatic rings. The molecule has 1 aliphatic carbocycles. The zero-order valence-electron chi connectivity index (χ0n) is 22.5. The van der Waals surface area contributed by atoms with Gasteiger partial charge in [0.2, 0.25) is 0 Å². The summed E-state index contributed by atoms with van der Waals surface area (Å²) in [7, 11) is 0. The van der Waals surface area contributed by atoms with Gasteiger partial charge in [-0.1, -0.05) is 64.7 Å². The number of anilines is 2. The molecule has 2 aromatic carbocycles. The lowest BCUT2D eigenvalue weighted by Crippen LogP contribution is -2.27. The molecule has 6 heteroatoms. The Hall–Kier alpha value is -3.28. The second-order valence-corrected chi connectivity index (χ2v) is 10.9. The fourth-order valence-electron chi connectivity index (χ4n) is 4.96. The summed E-state index contributed by atoms with van der Waals surface area (Å²) >= 11 is 0. The Balaban J connectivity index is 1.44. The molecule has 0 unspecified atom stereocenters. The number of nitrogen functional groups attached to an aromatic ring is 2. The van der Waals surface area contributed by atoms with E-state index in [4.69, 9.17) is 20.9 Å². The van der Waals surface area contributed by atoms with E-state index in [9.17, 15) is 9.59 Å². The lowest BCUT2D eigenvalue weighted by molar-refractivity contribution is -0.140. The standard InChI is InChI=1S/C31H42N2O4/c1-4-5-6-7-22-8-13-24(14-9-22)30(35)37-26-16-10-23(11-17-26)12-19-29(34)36-21-31(2,3)27-18-15-25(32)20-28(27)33/h10-12,15-20,22,24H,4-9,13-14,21,32-33H2,1-3H3/b19-12+. The number of hydrogen-bond acceptors (Lipinski definition) is 6. The molecule has 0 aliphatic heterocycles. The molecule has 3 rings (SSSR count). The molecule has 1 fully saturated rings. The van der Waals surface area contributed by atoms with Crippen LogP contribution < -0.4 is 16.2 Å². The number of ether oxygens (including phenoxy) is 2. The van der Waals surface area contributed by atoms with Gasteiger partial charge in [-0.05, 0) is 73.1 Å². The Morgan fingerprint density at radius 1 is 1.00 bits per heavy atom. The highest BCUT2D eigenvalue weighted by Crippen LogP contribution is 2.33. The molecule has 0 heterocycles. The predicted octanol–water partition coefficient (Wildman–Crippen LogP) is 6.68. The van der Waals surface area contributed by atoms with Gasteiger partial charge in [0.15, 0.2) is 0 Å². The van der Waals surface area contributed by atoms with E-state index in [2.05, 4.69) is 6.92 Å². The van der Waals surface area contributed by atoms with Gasteiger partial charge in [0.1, 0.15) is 12.4 Å². The van der Waals surface area contributed by atoms with Crippen LogP contribution in [0.3, 0.4) is 0 Å². The maximum Gasteiger partial charge on any atom is 0.330 e. The van der Waals surface area contributed by atoms with Crippen LogP contribution in [0.4, 0.5) is 11.4 Å². The summed E-state index contributed by atoms with van der Waals surface area (Å²) < 4.78 is 11.1. The Morgan fingerprint density at radius 3 is 2.35 bits per heavy atom. The van der Waals surface area contributed by atoms with Gasteiger partial charge >= 0.3 is 11.9 Å². The Morgan fingerprint density at radius 2 is 1.70 bits per heavy atom. The Kier molecular flexibility index (Phi) is 10.2. The molecule has 0 amide bonds. The minimum Gasteiger partial charge on any atom is -0.462 e. The molecule has 6 nitrogen and oxygen atoms in total. The van der Waals surface area contributed by atoms with E-state index in [0.29, 0.717) is 17.1 Å². The zero-order valence-corrected chi connectivity index (χ0v) is 22.5. The summed E-state index contributed by atoms with van der Waals surface area (Å²) in [6, 6.07) is 12.5. The first-order valence-electron chi connectivity index (χ1n) is 13.5. The van der Waals surface area contributed by atoms with Crippen LogP contribution in [0.2, 0.25) is 0 Å². The summed E-state index contributed by atoms with van der Waals surface area (Å²) in [4.78, 5) is 24.9. The lowest BCUT2D eigenvalue weighted by Gasteiger charge is -2.27. The number of hydrogen-bond donors (Lipinski definition) is 2. The van der Waals surface area contributed by atoms with Crippen molar-refractivity contribution in [1.29, 1.82) is 0 Å². The van der Waals surface area contributed by atoms with Crippen molar-refractivity contribution >= 4 is 29.4 Å². The van der Waals surface area contributed by atoms with Crippen molar-refractivity contribution < 1.29 is 19.1 Å². The van der Waals surface area contributed by atoms with Gasteiger partial charge in [0.05, 0.1) is 5.92 Å². The van der Waals surface area contributed by atoms with Crippen molar-refractivity contribution in [2.24, 2.45) is 11.8 Å². The average Bonchev–Trinajstić information content (AvgIpc) is 2.87. The number of rotatable bonds is 11. The highest BCUT2D eigenvalue weighted by Gasteiger charge is 2.27. The first kappa shape index (κ1) is 28.3. The van der Waals surface area contributed by atoms with Gasteiger partial charge in [-0.15, -0.1) is 0 Å². The van der Waals surface area contributed by atoms with Crippen LogP contribution in [0.1, 0.15) is 83.3 Å². The van der Waals surface area contributed by atoms with Crippen molar-refractivity contribution in [3.8, 4) is 5.75 Å². The molecule has 200 valence electrons. The predicted molar refractivity (Wildman–Crippen MR) is 150 cm³/mol. The van der Waals surface area contributed by atoms with Crippen LogP contribution >= 0.6 is 0 Å². The van der Waals surface area contributed by atoms with Crippen LogP contribution in [-0.4, -0.2) is 18.5 Å². The Labute approximate surface area is 221 Å². The molecule has 0 saturated heterocycles. The highest BCUT2D eigenvalue weighted by molar-refractivity contribution is 5.87. The average molecular weight is 507 g/mol. The van der Waals surface area contributed by atoms with E-state index in [1.165, 1.54) is 31.8 Å². The molecule has 1 saturated carbocycles. The topological polar surface area (TPSA) is 105 Å². The molecular formula is C31H42N2O4. The smallest absolute Gasteiger partial charge is 0.330 e. The molecule has 1 aliphatic rings. The molecule has 0 bridgehead atoms. The lowest BCUT2D eigenvalue weighted by atomic mass is 9.80. The van der Waals surface area contributed by atoms with Crippen molar-refractivity contribution in [3.05, 3.63) is 59.7 Å². The van der Waals surface area contributed by atoms with Gasteiger partial charge in [0.25, 0.3) is 0 Å². The first-order chi connectivity index (χ1) is 17.7. The molecule has 0 atom stereocenters. The van der Waals surface area contributed by atoms with E-state index in [-0.39, 0.29) is 18.5 Å². The van der Waals surface area contributed by atoms with E-state index >= 15 is 0 Å². The molecule has 4 N–H and O–H groups in total. The number of carbonyl (C=O) groups excluding carboxylic acids is 2. The van der Waals surface area contributed by atoms with Gasteiger partial charge in [-0.2, -0.15) is 0 Å². The third-order valence-corrected chi connectivity index (χ3v) is 7.29. The third kappa shape index (κ3) is 8.66. The van der Waals surface area contributed by atoms with Crippen LogP contribution in [0.5, 0.6) is 5.75 Å². The fraction of sp³-hybridized carbons (Fsp3) is 0.484. The van der Waals surface area contributed by atoms with E-state index in [0.717, 1.165) is 42.7 Å². The first-order valence-corrected chi connectivity index (χ1v) is 13.5. The molecule has 0 spiro atoms. The van der Waals surface area contributed by atoms with Crippen molar-refractivity contribution in [2.75, 3.05) is 18.1 Å². The largest absolute Gasteiger partial charge is 0.462 e. The number of benzene rings is 2. The summed E-state index contributed by atoms with van der Waals surface area (Å²) in [5.74, 6) is 0.698. The van der Waals surface area contributed by atoms with Gasteiger partial charge in [-0.3, -0.25) is 4.79 Å². The SMILES string of the molecule is CCCCCC1CCC(C(=O)Oc2ccc(/C=C/C(=O)OCC(C)(C)c3ccc(N)cc3N)cc2)CC1. The van der Waals surface area contributed by atoms with E-state index in [1.807, 2.05) is 32.0 Å². The summed E-state index contributed by atoms with van der Waals surface area (Å²) in [6.07, 6.45) is 12.3. The van der Waals surface area contributed by atoms with Crippen LogP contribution in [0.25, 0.3) is 6.08 Å².